The predicted octanol–water partition coefficient (Wildman–Crippen LogP) is 4.03. The summed E-state index contributed by atoms with van der Waals surface area (Å²) in [5, 5.41) is 0. The van der Waals surface area contributed by atoms with Crippen LogP contribution < -0.4 is 10.5 Å². The largest absolute Gasteiger partial charge is 0.489 e. The van der Waals surface area contributed by atoms with Crippen molar-refractivity contribution >= 4 is 22.6 Å². The van der Waals surface area contributed by atoms with Crippen LogP contribution in [0.4, 0.5) is 4.39 Å². The summed E-state index contributed by atoms with van der Waals surface area (Å²) in [6.07, 6.45) is 0. The standard InChI is InChI=1S/C15H15FINO/c1-10(18)14-8-12(16)4-7-15(14)19-9-11-2-5-13(17)6-3-11/h2-8,10H,9,18H2,1H3/t10-/m0/s1. The fourth-order valence-corrected chi connectivity index (χ4v) is 2.11. The van der Waals surface area contributed by atoms with E-state index in [-0.39, 0.29) is 11.9 Å². The maximum absolute atomic E-state index is 13.2. The van der Waals surface area contributed by atoms with Crippen LogP contribution in [0.15, 0.2) is 42.5 Å². The Balaban J connectivity index is 2.13. The van der Waals surface area contributed by atoms with Gasteiger partial charge in [0.1, 0.15) is 18.2 Å². The molecule has 0 radical (unpaired) electrons. The molecular weight excluding hydrogens is 356 g/mol. The maximum Gasteiger partial charge on any atom is 0.124 e. The van der Waals surface area contributed by atoms with Gasteiger partial charge in [-0.15, -0.1) is 0 Å². The molecule has 0 fully saturated rings. The first-order valence-electron chi connectivity index (χ1n) is 5.98. The zero-order chi connectivity index (χ0) is 13.8. The van der Waals surface area contributed by atoms with E-state index in [4.69, 9.17) is 10.5 Å². The quantitative estimate of drug-likeness (QED) is 0.824. The average Bonchev–Trinajstić information content (AvgIpc) is 2.39. The second-order valence-corrected chi connectivity index (χ2v) is 5.63. The number of benzene rings is 2. The Morgan fingerprint density at radius 1 is 1.21 bits per heavy atom. The Morgan fingerprint density at radius 2 is 1.89 bits per heavy atom. The van der Waals surface area contributed by atoms with Crippen molar-refractivity contribution in [2.24, 2.45) is 5.73 Å². The number of nitrogens with two attached hydrogens (primary N) is 1. The lowest BCUT2D eigenvalue weighted by Crippen LogP contribution is -2.08. The van der Waals surface area contributed by atoms with Gasteiger partial charge in [0.15, 0.2) is 0 Å². The van der Waals surface area contributed by atoms with Crippen LogP contribution in [0.5, 0.6) is 5.75 Å². The lowest BCUT2D eigenvalue weighted by atomic mass is 10.1. The highest BCUT2D eigenvalue weighted by atomic mass is 127. The molecule has 0 saturated heterocycles. The Kier molecular flexibility index (Phi) is 4.76. The van der Waals surface area contributed by atoms with E-state index in [9.17, 15) is 4.39 Å². The van der Waals surface area contributed by atoms with Crippen LogP contribution in [0.25, 0.3) is 0 Å². The van der Waals surface area contributed by atoms with Crippen molar-refractivity contribution in [1.82, 2.24) is 0 Å². The van der Waals surface area contributed by atoms with E-state index in [0.717, 1.165) is 5.56 Å². The van der Waals surface area contributed by atoms with Crippen LogP contribution in [0.1, 0.15) is 24.1 Å². The molecule has 4 heteroatoms. The van der Waals surface area contributed by atoms with Gasteiger partial charge in [0.2, 0.25) is 0 Å². The van der Waals surface area contributed by atoms with Gasteiger partial charge in [-0.05, 0) is 65.4 Å². The molecule has 2 nitrogen and oxygen atoms in total. The van der Waals surface area contributed by atoms with E-state index in [0.29, 0.717) is 17.9 Å². The summed E-state index contributed by atoms with van der Waals surface area (Å²) < 4.78 is 20.1. The normalized spacial score (nSPS) is 12.2. The van der Waals surface area contributed by atoms with Crippen LogP contribution in [0, 0.1) is 9.39 Å². The lowest BCUT2D eigenvalue weighted by Gasteiger charge is -2.14. The second-order valence-electron chi connectivity index (χ2n) is 4.39. The Hall–Kier alpha value is -1.14. The molecule has 0 aliphatic carbocycles. The van der Waals surface area contributed by atoms with E-state index in [1.807, 2.05) is 31.2 Å². The summed E-state index contributed by atoms with van der Waals surface area (Å²) in [6, 6.07) is 12.2. The van der Waals surface area contributed by atoms with Crippen molar-refractivity contribution in [3.63, 3.8) is 0 Å². The molecular formula is C15H15FINO. The topological polar surface area (TPSA) is 35.2 Å². The number of ether oxygens (including phenoxy) is 1. The van der Waals surface area contributed by atoms with E-state index in [1.165, 1.54) is 15.7 Å². The van der Waals surface area contributed by atoms with Crippen LogP contribution in [0.3, 0.4) is 0 Å². The number of halogens is 2. The molecule has 0 spiro atoms. The van der Waals surface area contributed by atoms with Gasteiger partial charge >= 0.3 is 0 Å². The zero-order valence-electron chi connectivity index (χ0n) is 10.6. The van der Waals surface area contributed by atoms with E-state index < -0.39 is 0 Å². The molecule has 0 aliphatic rings. The molecule has 100 valence electrons. The highest BCUT2D eigenvalue weighted by Crippen LogP contribution is 2.25. The minimum absolute atomic E-state index is 0.262. The van der Waals surface area contributed by atoms with Crippen molar-refractivity contribution in [2.75, 3.05) is 0 Å². The molecule has 2 aromatic rings. The summed E-state index contributed by atoms with van der Waals surface area (Å²) in [5.74, 6) is 0.337. The first-order valence-corrected chi connectivity index (χ1v) is 7.06. The fourth-order valence-electron chi connectivity index (χ4n) is 1.75. The van der Waals surface area contributed by atoms with Crippen LogP contribution in [0.2, 0.25) is 0 Å². The number of rotatable bonds is 4. The van der Waals surface area contributed by atoms with Gasteiger partial charge in [-0.3, -0.25) is 0 Å². The van der Waals surface area contributed by atoms with Gasteiger partial charge in [0, 0.05) is 15.2 Å². The van der Waals surface area contributed by atoms with Crippen molar-refractivity contribution < 1.29 is 9.13 Å². The van der Waals surface area contributed by atoms with Crippen molar-refractivity contribution in [3.8, 4) is 5.75 Å². The average molecular weight is 371 g/mol. The SMILES string of the molecule is C[C@H](N)c1cc(F)ccc1OCc1ccc(I)cc1. The van der Waals surface area contributed by atoms with Crippen molar-refractivity contribution in [2.45, 2.75) is 19.6 Å². The molecule has 2 aromatic carbocycles. The smallest absolute Gasteiger partial charge is 0.124 e. The monoisotopic (exact) mass is 371 g/mol. The van der Waals surface area contributed by atoms with Crippen molar-refractivity contribution in [3.05, 3.63) is 63.0 Å². The van der Waals surface area contributed by atoms with Gasteiger partial charge in [-0.25, -0.2) is 4.39 Å². The molecule has 1 atom stereocenters. The molecule has 0 amide bonds. The Bertz CT molecular complexity index is 555. The van der Waals surface area contributed by atoms with Gasteiger partial charge in [-0.2, -0.15) is 0 Å². The summed E-state index contributed by atoms with van der Waals surface area (Å²) >= 11 is 2.25. The van der Waals surface area contributed by atoms with Crippen molar-refractivity contribution in [1.29, 1.82) is 0 Å². The zero-order valence-corrected chi connectivity index (χ0v) is 12.7. The summed E-state index contributed by atoms with van der Waals surface area (Å²) in [7, 11) is 0. The third-order valence-electron chi connectivity index (χ3n) is 2.77. The molecule has 0 aromatic heterocycles. The molecule has 2 N–H and O–H groups in total. The minimum Gasteiger partial charge on any atom is -0.489 e. The summed E-state index contributed by atoms with van der Waals surface area (Å²) in [6.45, 7) is 2.26. The minimum atomic E-state index is -0.297. The molecule has 2 rings (SSSR count). The van der Waals surface area contributed by atoms with Crippen LogP contribution in [-0.2, 0) is 6.61 Å². The first kappa shape index (κ1) is 14.3. The first-order chi connectivity index (χ1) is 9.06. The molecule has 0 heterocycles. The van der Waals surface area contributed by atoms with E-state index in [1.54, 1.807) is 6.07 Å². The number of hydrogen-bond donors (Lipinski definition) is 1. The highest BCUT2D eigenvalue weighted by molar-refractivity contribution is 14.1. The van der Waals surface area contributed by atoms with Gasteiger partial charge in [0.25, 0.3) is 0 Å². The predicted molar refractivity (Wildman–Crippen MR) is 82.5 cm³/mol. The summed E-state index contributed by atoms with van der Waals surface area (Å²) in [4.78, 5) is 0. The third kappa shape index (κ3) is 3.91. The van der Waals surface area contributed by atoms with Gasteiger partial charge < -0.3 is 10.5 Å². The molecule has 0 bridgehead atoms. The lowest BCUT2D eigenvalue weighted by molar-refractivity contribution is 0.301. The third-order valence-corrected chi connectivity index (χ3v) is 3.49. The van der Waals surface area contributed by atoms with Crippen LogP contribution in [-0.4, -0.2) is 0 Å². The maximum atomic E-state index is 13.2. The van der Waals surface area contributed by atoms with E-state index in [2.05, 4.69) is 22.6 Å². The fraction of sp³-hybridized carbons (Fsp3) is 0.200. The molecule has 0 unspecified atom stereocenters. The van der Waals surface area contributed by atoms with Gasteiger partial charge in [-0.1, -0.05) is 12.1 Å². The van der Waals surface area contributed by atoms with Gasteiger partial charge in [0.05, 0.1) is 0 Å². The molecule has 19 heavy (non-hydrogen) atoms. The Labute approximate surface area is 125 Å². The highest BCUT2D eigenvalue weighted by Gasteiger charge is 2.09. The Morgan fingerprint density at radius 3 is 2.53 bits per heavy atom. The van der Waals surface area contributed by atoms with Crippen LogP contribution >= 0.6 is 22.6 Å². The molecule has 0 aliphatic heterocycles. The summed E-state index contributed by atoms with van der Waals surface area (Å²) in [5.41, 5.74) is 7.58. The second kappa shape index (κ2) is 6.34. The van der Waals surface area contributed by atoms with E-state index >= 15 is 0 Å². The number of hydrogen-bond acceptors (Lipinski definition) is 2. The molecule has 0 saturated carbocycles.